The standard InChI is InChI=1S/C10H18.C3H9N/c1-4-10(9(2)3)7-5-6-8-10;1-3-4-2/h4,9H,1,5-8H2,2-3H3;4H,3H2,1-2H3. The third kappa shape index (κ3) is 3.83. The molecule has 0 unspecified atom stereocenters. The fourth-order valence-corrected chi connectivity index (χ4v) is 2.05. The van der Waals surface area contributed by atoms with Gasteiger partial charge in [-0.15, -0.1) is 6.58 Å². The topological polar surface area (TPSA) is 12.0 Å². The summed E-state index contributed by atoms with van der Waals surface area (Å²) in [6.45, 7) is 11.7. The molecule has 1 saturated carbocycles. The zero-order chi connectivity index (χ0) is 11.0. The molecule has 0 radical (unpaired) electrons. The van der Waals surface area contributed by atoms with Crippen molar-refractivity contribution in [2.45, 2.75) is 46.5 Å². The number of allylic oxidation sites excluding steroid dienone is 1. The second-order valence-electron chi connectivity index (χ2n) is 4.51. The van der Waals surface area contributed by atoms with Gasteiger partial charge in [0.25, 0.3) is 0 Å². The van der Waals surface area contributed by atoms with Crippen LogP contribution in [0.4, 0.5) is 0 Å². The minimum Gasteiger partial charge on any atom is -0.320 e. The number of rotatable bonds is 3. The maximum absolute atomic E-state index is 3.94. The Hall–Kier alpha value is -0.300. The van der Waals surface area contributed by atoms with Gasteiger partial charge in [-0.3, -0.25) is 0 Å². The molecule has 0 heterocycles. The number of hydrogen-bond donors (Lipinski definition) is 1. The summed E-state index contributed by atoms with van der Waals surface area (Å²) >= 11 is 0. The summed E-state index contributed by atoms with van der Waals surface area (Å²) in [7, 11) is 1.93. The third-order valence-corrected chi connectivity index (χ3v) is 3.44. The zero-order valence-corrected chi connectivity index (χ0v) is 10.4. The van der Waals surface area contributed by atoms with Gasteiger partial charge in [0.1, 0.15) is 0 Å². The van der Waals surface area contributed by atoms with Gasteiger partial charge in [0.05, 0.1) is 0 Å². The Morgan fingerprint density at radius 3 is 1.93 bits per heavy atom. The van der Waals surface area contributed by atoms with Crippen molar-refractivity contribution in [3.05, 3.63) is 12.7 Å². The van der Waals surface area contributed by atoms with Crippen LogP contribution in [0.1, 0.15) is 46.5 Å². The quantitative estimate of drug-likeness (QED) is 0.681. The Morgan fingerprint density at radius 1 is 1.36 bits per heavy atom. The van der Waals surface area contributed by atoms with Crippen molar-refractivity contribution < 1.29 is 0 Å². The summed E-state index contributed by atoms with van der Waals surface area (Å²) < 4.78 is 0. The van der Waals surface area contributed by atoms with Gasteiger partial charge in [0, 0.05) is 0 Å². The van der Waals surface area contributed by atoms with Crippen molar-refractivity contribution in [2.24, 2.45) is 11.3 Å². The van der Waals surface area contributed by atoms with Crippen LogP contribution in [0, 0.1) is 11.3 Å². The monoisotopic (exact) mass is 197 g/mol. The molecular formula is C13H27N. The van der Waals surface area contributed by atoms with E-state index in [0.29, 0.717) is 5.41 Å². The Balaban J connectivity index is 0.000000364. The van der Waals surface area contributed by atoms with E-state index in [4.69, 9.17) is 0 Å². The molecule has 0 aromatic heterocycles. The Labute approximate surface area is 90.0 Å². The van der Waals surface area contributed by atoms with Crippen molar-refractivity contribution in [3.63, 3.8) is 0 Å². The lowest BCUT2D eigenvalue weighted by Gasteiger charge is -2.29. The van der Waals surface area contributed by atoms with Gasteiger partial charge in [0.15, 0.2) is 0 Å². The summed E-state index contributed by atoms with van der Waals surface area (Å²) in [5, 5.41) is 2.93. The average molecular weight is 197 g/mol. The first-order valence-electron chi connectivity index (χ1n) is 5.91. The second kappa shape index (κ2) is 7.05. The molecule has 1 heteroatoms. The summed E-state index contributed by atoms with van der Waals surface area (Å²) in [4.78, 5) is 0. The Bertz CT molecular complexity index is 141. The lowest BCUT2D eigenvalue weighted by molar-refractivity contribution is 0.275. The van der Waals surface area contributed by atoms with Gasteiger partial charge in [-0.05, 0) is 37.8 Å². The van der Waals surface area contributed by atoms with E-state index in [2.05, 4.69) is 38.7 Å². The minimum absolute atomic E-state index is 0.500. The van der Waals surface area contributed by atoms with Crippen LogP contribution in [0.2, 0.25) is 0 Å². The van der Waals surface area contributed by atoms with E-state index < -0.39 is 0 Å². The van der Waals surface area contributed by atoms with Crippen LogP contribution in [-0.4, -0.2) is 13.6 Å². The molecule has 0 amide bonds. The zero-order valence-electron chi connectivity index (χ0n) is 10.4. The molecule has 1 nitrogen and oxygen atoms in total. The van der Waals surface area contributed by atoms with Gasteiger partial charge in [-0.25, -0.2) is 0 Å². The largest absolute Gasteiger partial charge is 0.320 e. The number of nitrogens with one attached hydrogen (secondary N) is 1. The average Bonchev–Trinajstić information content (AvgIpc) is 2.67. The van der Waals surface area contributed by atoms with Gasteiger partial charge in [0.2, 0.25) is 0 Å². The molecule has 0 bridgehead atoms. The highest BCUT2D eigenvalue weighted by Gasteiger charge is 2.33. The molecule has 0 aliphatic heterocycles. The molecule has 0 atom stereocenters. The molecule has 0 aromatic carbocycles. The normalized spacial score (nSPS) is 18.9. The first kappa shape index (κ1) is 13.7. The van der Waals surface area contributed by atoms with Crippen molar-refractivity contribution >= 4 is 0 Å². The molecular weight excluding hydrogens is 170 g/mol. The van der Waals surface area contributed by atoms with E-state index in [1.165, 1.54) is 25.7 Å². The van der Waals surface area contributed by atoms with Crippen molar-refractivity contribution in [2.75, 3.05) is 13.6 Å². The Kier molecular flexibility index (Phi) is 6.90. The lowest BCUT2D eigenvalue weighted by atomic mass is 9.76. The highest BCUT2D eigenvalue weighted by Crippen LogP contribution is 2.44. The van der Waals surface area contributed by atoms with E-state index in [1.807, 2.05) is 7.05 Å². The van der Waals surface area contributed by atoms with Gasteiger partial charge in [-0.2, -0.15) is 0 Å². The summed E-state index contributed by atoms with van der Waals surface area (Å²) in [6.07, 6.45) is 7.74. The molecule has 1 rings (SSSR count). The van der Waals surface area contributed by atoms with Crippen molar-refractivity contribution in [3.8, 4) is 0 Å². The minimum atomic E-state index is 0.500. The summed E-state index contributed by atoms with van der Waals surface area (Å²) in [5.41, 5.74) is 0.500. The highest BCUT2D eigenvalue weighted by atomic mass is 14.8. The first-order chi connectivity index (χ1) is 6.63. The molecule has 1 aliphatic carbocycles. The van der Waals surface area contributed by atoms with Crippen LogP contribution in [0.5, 0.6) is 0 Å². The van der Waals surface area contributed by atoms with E-state index in [0.717, 1.165) is 12.5 Å². The van der Waals surface area contributed by atoms with Gasteiger partial charge in [-0.1, -0.05) is 39.7 Å². The molecule has 0 aromatic rings. The van der Waals surface area contributed by atoms with Crippen LogP contribution in [-0.2, 0) is 0 Å². The fraction of sp³-hybridized carbons (Fsp3) is 0.846. The molecule has 14 heavy (non-hydrogen) atoms. The highest BCUT2D eigenvalue weighted by molar-refractivity contribution is 4.99. The van der Waals surface area contributed by atoms with Gasteiger partial charge < -0.3 is 5.32 Å². The van der Waals surface area contributed by atoms with Gasteiger partial charge >= 0.3 is 0 Å². The lowest BCUT2D eigenvalue weighted by Crippen LogP contribution is -2.19. The smallest absolute Gasteiger partial charge is 0.00804 e. The summed E-state index contributed by atoms with van der Waals surface area (Å²) in [5.74, 6) is 0.785. The first-order valence-corrected chi connectivity index (χ1v) is 5.91. The number of hydrogen-bond acceptors (Lipinski definition) is 1. The van der Waals surface area contributed by atoms with Crippen LogP contribution in [0.3, 0.4) is 0 Å². The maximum atomic E-state index is 3.94. The van der Waals surface area contributed by atoms with E-state index >= 15 is 0 Å². The second-order valence-corrected chi connectivity index (χ2v) is 4.51. The molecule has 0 spiro atoms. The van der Waals surface area contributed by atoms with Crippen LogP contribution in [0.15, 0.2) is 12.7 Å². The maximum Gasteiger partial charge on any atom is -0.00804 e. The van der Waals surface area contributed by atoms with Crippen molar-refractivity contribution in [1.82, 2.24) is 5.32 Å². The SMILES string of the molecule is C=CC1(C(C)C)CCCC1.CCNC. The molecule has 1 N–H and O–H groups in total. The van der Waals surface area contributed by atoms with Crippen molar-refractivity contribution in [1.29, 1.82) is 0 Å². The van der Waals surface area contributed by atoms with Crippen LogP contribution >= 0.6 is 0 Å². The molecule has 84 valence electrons. The third-order valence-electron chi connectivity index (χ3n) is 3.44. The molecule has 0 saturated heterocycles. The van der Waals surface area contributed by atoms with E-state index in [9.17, 15) is 0 Å². The summed E-state index contributed by atoms with van der Waals surface area (Å²) in [6, 6.07) is 0. The van der Waals surface area contributed by atoms with Crippen LogP contribution < -0.4 is 5.32 Å². The van der Waals surface area contributed by atoms with E-state index in [1.54, 1.807) is 0 Å². The van der Waals surface area contributed by atoms with Crippen LogP contribution in [0.25, 0.3) is 0 Å². The van der Waals surface area contributed by atoms with E-state index in [-0.39, 0.29) is 0 Å². The predicted molar refractivity (Wildman–Crippen MR) is 65.5 cm³/mol. The fourth-order valence-electron chi connectivity index (χ4n) is 2.05. The Morgan fingerprint density at radius 2 is 1.79 bits per heavy atom. The molecule has 1 aliphatic rings. The predicted octanol–water partition coefficient (Wildman–Crippen LogP) is 3.61. The molecule has 1 fully saturated rings.